The summed E-state index contributed by atoms with van der Waals surface area (Å²) in [4.78, 5) is 61.9. The van der Waals surface area contributed by atoms with Gasteiger partial charge in [0, 0.05) is 41.2 Å². The smallest absolute Gasteiger partial charge is 0.311 e. The second kappa shape index (κ2) is 18.1. The van der Waals surface area contributed by atoms with Crippen LogP contribution in [-0.4, -0.2) is 120 Å². The van der Waals surface area contributed by atoms with Gasteiger partial charge in [0.25, 0.3) is 0 Å². The number of ether oxygens (including phenoxy) is 6. The van der Waals surface area contributed by atoms with Gasteiger partial charge in [0.15, 0.2) is 6.29 Å². The number of benzene rings is 1. The number of hydrogen-bond acceptors (Lipinski definition) is 13. The Kier molecular flexibility index (Phi) is 13.7. The number of likely N-dealkylation sites (N-methyl/N-ethyl adjacent to an activating group) is 1. The second-order valence-corrected chi connectivity index (χ2v) is 18.0. The summed E-state index contributed by atoms with van der Waals surface area (Å²) in [5.74, 6) is -4.89. The number of anilines is 1. The molecule has 0 spiro atoms. The lowest BCUT2D eigenvalue weighted by Crippen LogP contribution is -2.60. The number of rotatable bonds is 6. The molecule has 5 heterocycles. The Labute approximate surface area is 347 Å². The first kappa shape index (κ1) is 44.8. The summed E-state index contributed by atoms with van der Waals surface area (Å²) in [5, 5.41) is 15.5. The quantitative estimate of drug-likeness (QED) is 0.287. The maximum absolute atomic E-state index is 14.6. The average Bonchev–Trinajstić information content (AvgIpc) is 3.52. The van der Waals surface area contributed by atoms with E-state index in [1.165, 1.54) is 6.08 Å². The summed E-state index contributed by atoms with van der Waals surface area (Å²) in [7, 11) is 3.79. The van der Waals surface area contributed by atoms with Gasteiger partial charge < -0.3 is 43.7 Å². The summed E-state index contributed by atoms with van der Waals surface area (Å²) >= 11 is 0. The van der Waals surface area contributed by atoms with Crippen LogP contribution in [0, 0.1) is 29.6 Å². The Bertz CT molecular complexity index is 1900. The normalized spacial score (nSPS) is 39.5. The zero-order chi connectivity index (χ0) is 43.0. The van der Waals surface area contributed by atoms with Crippen LogP contribution in [0.1, 0.15) is 81.1 Å². The van der Waals surface area contributed by atoms with Gasteiger partial charge in [-0.15, -0.1) is 0 Å². The monoisotopic (exact) mass is 821 g/mol. The zero-order valence-corrected chi connectivity index (χ0v) is 36.1. The molecule has 1 aromatic heterocycles. The molecule has 1 aromatic carbocycles. The van der Waals surface area contributed by atoms with E-state index in [1.54, 1.807) is 27.0 Å². The number of cyclic esters (lactones) is 1. The molecule has 14 nitrogen and oxygen atoms in total. The van der Waals surface area contributed by atoms with Crippen LogP contribution in [0.3, 0.4) is 0 Å². The SMILES string of the molecule is CC[C@H]1OC(=O)[C@H](C)[C@H]2OCC(=CC(=O)Nc3cnc4ccccc4c3)CO[C@](C)(C[C@@H](C)C(=O)[C@H](C)[C@@H]3CC(=O)O[C@]13C)[C@H](O[C@@H]1O[C@H](C)C[C@H](N(C)C)[C@H]1O)[C@H]2C. The maximum atomic E-state index is 14.6. The predicted octanol–water partition coefficient (Wildman–Crippen LogP) is 5.25. The Balaban J connectivity index is 1.42. The third-order valence-corrected chi connectivity index (χ3v) is 13.2. The largest absolute Gasteiger partial charge is 0.458 e. The van der Waals surface area contributed by atoms with E-state index in [0.717, 1.165) is 10.9 Å². The number of para-hydroxylation sites is 1. The molecule has 2 aromatic rings. The molecule has 324 valence electrons. The molecule has 1 amide bonds. The number of ketones is 1. The fourth-order valence-electron chi connectivity index (χ4n) is 9.96. The number of carbonyl (C=O) groups is 4. The van der Waals surface area contributed by atoms with E-state index in [2.05, 4.69) is 10.3 Å². The molecule has 2 bridgehead atoms. The summed E-state index contributed by atoms with van der Waals surface area (Å²) < 4.78 is 39.0. The Morgan fingerprint density at radius 1 is 1.07 bits per heavy atom. The molecule has 0 radical (unpaired) electrons. The molecule has 0 saturated carbocycles. The van der Waals surface area contributed by atoms with E-state index in [-0.39, 0.29) is 44.0 Å². The number of esters is 2. The predicted molar refractivity (Wildman–Crippen MR) is 219 cm³/mol. The highest BCUT2D eigenvalue weighted by Gasteiger charge is 2.57. The van der Waals surface area contributed by atoms with Crippen molar-refractivity contribution in [2.75, 3.05) is 32.6 Å². The Hall–Kier alpha value is -3.79. The van der Waals surface area contributed by atoms with Gasteiger partial charge in [-0.1, -0.05) is 45.9 Å². The van der Waals surface area contributed by atoms with Gasteiger partial charge in [-0.25, -0.2) is 0 Å². The minimum atomic E-state index is -1.28. The number of aliphatic hydroxyl groups excluding tert-OH is 1. The molecule has 4 saturated heterocycles. The van der Waals surface area contributed by atoms with E-state index in [9.17, 15) is 24.3 Å². The van der Waals surface area contributed by atoms with Gasteiger partial charge >= 0.3 is 11.9 Å². The summed E-state index contributed by atoms with van der Waals surface area (Å²) in [6.07, 6.45) is -0.912. The lowest BCUT2D eigenvalue weighted by molar-refractivity contribution is -0.302. The standard InChI is InChI=1S/C45H63N3O11/c1-11-35-45(8)32(19-37(50)59-45)26(4)38(51)24(2)20-44(7)41(58-43-39(52)34(48(9)10)16-25(3)56-43)27(5)40(28(6)42(53)57-35)54-22-29(23-55-44)17-36(49)47-31-18-30-14-12-13-15-33(30)46-21-31/h12-15,17-18,21,24-28,32,34-35,39-41,43,52H,11,16,19-20,22-23H2,1-10H3,(H,47,49)/t24-,25-,26-,27+,28-,32+,34+,35-,39-,40+,41-,43+,44-,45+/m1/s1. The summed E-state index contributed by atoms with van der Waals surface area (Å²) in [6.45, 7) is 14.5. The van der Waals surface area contributed by atoms with Gasteiger partial charge in [-0.05, 0) is 78.8 Å². The van der Waals surface area contributed by atoms with E-state index in [1.807, 2.05) is 83.9 Å². The highest BCUT2D eigenvalue weighted by atomic mass is 16.7. The number of Topliss-reactive ketones (excluding diaryl/α,β-unsaturated/α-hetero) is 1. The van der Waals surface area contributed by atoms with Crippen molar-refractivity contribution in [3.8, 4) is 0 Å². The van der Waals surface area contributed by atoms with Crippen molar-refractivity contribution in [3.63, 3.8) is 0 Å². The molecule has 14 heteroatoms. The van der Waals surface area contributed by atoms with Crippen LogP contribution >= 0.6 is 0 Å². The second-order valence-electron chi connectivity index (χ2n) is 18.0. The Morgan fingerprint density at radius 2 is 1.80 bits per heavy atom. The average molecular weight is 822 g/mol. The summed E-state index contributed by atoms with van der Waals surface area (Å²) in [6, 6.07) is 9.17. The number of hydrogen-bond donors (Lipinski definition) is 2. The van der Waals surface area contributed by atoms with Crippen molar-refractivity contribution in [1.82, 2.24) is 9.88 Å². The molecular weight excluding hydrogens is 759 g/mol. The number of nitrogens with one attached hydrogen (secondary N) is 1. The molecule has 14 atom stereocenters. The number of carbonyl (C=O) groups excluding carboxylic acids is 4. The Morgan fingerprint density at radius 3 is 2.51 bits per heavy atom. The highest BCUT2D eigenvalue weighted by molar-refractivity contribution is 6.00. The third-order valence-electron chi connectivity index (χ3n) is 13.2. The van der Waals surface area contributed by atoms with E-state index >= 15 is 0 Å². The molecule has 4 aliphatic rings. The van der Waals surface area contributed by atoms with E-state index < -0.39 is 89.3 Å². The minimum absolute atomic E-state index is 0.00955. The zero-order valence-electron chi connectivity index (χ0n) is 36.1. The number of aromatic nitrogens is 1. The van der Waals surface area contributed by atoms with Crippen LogP contribution in [0.5, 0.6) is 0 Å². The molecule has 6 rings (SSSR count). The van der Waals surface area contributed by atoms with Gasteiger partial charge in [0.1, 0.15) is 23.6 Å². The molecule has 0 unspecified atom stereocenters. The van der Waals surface area contributed by atoms with Gasteiger partial charge in [0.2, 0.25) is 5.91 Å². The van der Waals surface area contributed by atoms with Crippen LogP contribution in [-0.2, 0) is 47.6 Å². The van der Waals surface area contributed by atoms with Crippen LogP contribution < -0.4 is 5.32 Å². The molecular formula is C45H63N3O11. The first-order chi connectivity index (χ1) is 27.8. The minimum Gasteiger partial charge on any atom is -0.458 e. The van der Waals surface area contributed by atoms with Crippen molar-refractivity contribution < 1.29 is 52.7 Å². The van der Waals surface area contributed by atoms with Crippen molar-refractivity contribution >= 4 is 40.2 Å². The van der Waals surface area contributed by atoms with Crippen molar-refractivity contribution in [2.45, 2.75) is 135 Å². The van der Waals surface area contributed by atoms with Crippen LogP contribution in [0.4, 0.5) is 5.69 Å². The maximum Gasteiger partial charge on any atom is 0.311 e. The first-order valence-electron chi connectivity index (χ1n) is 21.1. The molecule has 0 aliphatic carbocycles. The number of amides is 1. The van der Waals surface area contributed by atoms with Crippen molar-refractivity contribution in [1.29, 1.82) is 0 Å². The lowest BCUT2D eigenvalue weighted by atomic mass is 9.70. The fourth-order valence-corrected chi connectivity index (χ4v) is 9.96. The lowest BCUT2D eigenvalue weighted by Gasteiger charge is -2.48. The molecule has 2 N–H and O–H groups in total. The van der Waals surface area contributed by atoms with Gasteiger partial charge in [-0.3, -0.25) is 24.2 Å². The topological polar surface area (TPSA) is 172 Å². The molecule has 4 aliphatic heterocycles. The van der Waals surface area contributed by atoms with Crippen LogP contribution in [0.15, 0.2) is 48.2 Å². The molecule has 59 heavy (non-hydrogen) atoms. The number of pyridine rings is 1. The number of nitrogens with zero attached hydrogens (tertiary/aromatic N) is 2. The first-order valence-corrected chi connectivity index (χ1v) is 21.1. The third kappa shape index (κ3) is 9.43. The van der Waals surface area contributed by atoms with Crippen molar-refractivity contribution in [3.05, 3.63) is 48.2 Å². The van der Waals surface area contributed by atoms with Crippen LogP contribution in [0.25, 0.3) is 10.9 Å². The number of aliphatic hydroxyl groups is 1. The fraction of sp³-hybridized carbons (Fsp3) is 0.667. The number of fused-ring (bicyclic) bond motifs is 5. The van der Waals surface area contributed by atoms with Gasteiger partial charge in [-0.2, -0.15) is 0 Å². The highest BCUT2D eigenvalue weighted by Crippen LogP contribution is 2.46. The van der Waals surface area contributed by atoms with E-state index in [0.29, 0.717) is 24.1 Å². The van der Waals surface area contributed by atoms with Crippen molar-refractivity contribution in [2.24, 2.45) is 29.6 Å². The summed E-state index contributed by atoms with van der Waals surface area (Å²) in [5.41, 5.74) is -0.729. The molecule has 4 fully saturated rings. The van der Waals surface area contributed by atoms with E-state index in [4.69, 9.17) is 28.4 Å². The van der Waals surface area contributed by atoms with Crippen LogP contribution in [0.2, 0.25) is 0 Å². The van der Waals surface area contributed by atoms with Gasteiger partial charge in [0.05, 0.1) is 66.9 Å².